The first-order valence-electron chi connectivity index (χ1n) is 5.80. The number of rotatable bonds is 2. The molecular formula is C11H20N2O. The van der Waals surface area contributed by atoms with E-state index in [1.54, 1.807) is 0 Å². The highest BCUT2D eigenvalue weighted by molar-refractivity contribution is 5.75. The lowest BCUT2D eigenvalue weighted by Gasteiger charge is -2.28. The van der Waals surface area contributed by atoms with Gasteiger partial charge in [-0.05, 0) is 25.7 Å². The summed E-state index contributed by atoms with van der Waals surface area (Å²) < 4.78 is 5.35. The molecule has 80 valence electrons. The quantitative estimate of drug-likeness (QED) is 0.732. The molecule has 14 heavy (non-hydrogen) atoms. The summed E-state index contributed by atoms with van der Waals surface area (Å²) in [7, 11) is 0. The maximum Gasteiger partial charge on any atom is 0.285 e. The fourth-order valence-corrected chi connectivity index (χ4v) is 2.37. The Morgan fingerprint density at radius 1 is 1.36 bits per heavy atom. The molecule has 1 N–H and O–H groups in total. The predicted molar refractivity (Wildman–Crippen MR) is 57.4 cm³/mol. The molecule has 1 aliphatic carbocycles. The van der Waals surface area contributed by atoms with Gasteiger partial charge in [-0.1, -0.05) is 19.3 Å². The van der Waals surface area contributed by atoms with E-state index in [-0.39, 0.29) is 0 Å². The molecule has 0 aromatic heterocycles. The van der Waals surface area contributed by atoms with Gasteiger partial charge in [0.2, 0.25) is 0 Å². The van der Waals surface area contributed by atoms with Crippen molar-refractivity contribution in [2.45, 2.75) is 45.1 Å². The van der Waals surface area contributed by atoms with Gasteiger partial charge in [-0.2, -0.15) is 0 Å². The van der Waals surface area contributed by atoms with E-state index in [9.17, 15) is 0 Å². The molecule has 0 aromatic rings. The second-order valence-corrected chi connectivity index (χ2v) is 4.37. The number of ether oxygens (including phenoxy) is 1. The van der Waals surface area contributed by atoms with E-state index < -0.39 is 0 Å². The minimum atomic E-state index is 0.521. The van der Waals surface area contributed by atoms with Crippen LogP contribution in [0.25, 0.3) is 0 Å². The van der Waals surface area contributed by atoms with Gasteiger partial charge in [0, 0.05) is 6.04 Å². The highest BCUT2D eigenvalue weighted by Crippen LogP contribution is 2.26. The van der Waals surface area contributed by atoms with Crippen LogP contribution in [-0.4, -0.2) is 25.2 Å². The van der Waals surface area contributed by atoms with Gasteiger partial charge in [0.25, 0.3) is 6.02 Å². The molecule has 1 fully saturated rings. The predicted octanol–water partition coefficient (Wildman–Crippen LogP) is 1.93. The van der Waals surface area contributed by atoms with Gasteiger partial charge < -0.3 is 10.1 Å². The average Bonchev–Trinajstić information content (AvgIpc) is 2.72. The minimum Gasteiger partial charge on any atom is -0.463 e. The molecular weight excluding hydrogens is 176 g/mol. The van der Waals surface area contributed by atoms with Crippen LogP contribution in [0.2, 0.25) is 0 Å². The summed E-state index contributed by atoms with van der Waals surface area (Å²) in [6.07, 6.45) is 6.93. The van der Waals surface area contributed by atoms with Crippen molar-refractivity contribution in [2.24, 2.45) is 10.9 Å². The van der Waals surface area contributed by atoms with Crippen molar-refractivity contribution < 1.29 is 4.74 Å². The second-order valence-electron chi connectivity index (χ2n) is 4.37. The van der Waals surface area contributed by atoms with Crippen LogP contribution >= 0.6 is 0 Å². The molecule has 0 bridgehead atoms. The van der Waals surface area contributed by atoms with Crippen LogP contribution in [0, 0.1) is 5.92 Å². The van der Waals surface area contributed by atoms with Crippen molar-refractivity contribution in [3.63, 3.8) is 0 Å². The second kappa shape index (κ2) is 4.67. The highest BCUT2D eigenvalue weighted by Gasteiger charge is 2.21. The molecule has 0 unspecified atom stereocenters. The van der Waals surface area contributed by atoms with Crippen molar-refractivity contribution in [3.05, 3.63) is 0 Å². The van der Waals surface area contributed by atoms with E-state index >= 15 is 0 Å². The fourth-order valence-electron chi connectivity index (χ4n) is 2.37. The monoisotopic (exact) mass is 196 g/mol. The first-order chi connectivity index (χ1) is 6.86. The van der Waals surface area contributed by atoms with Gasteiger partial charge in [-0.3, -0.25) is 0 Å². The molecule has 1 heterocycles. The Kier molecular flexibility index (Phi) is 3.27. The lowest BCUT2D eigenvalue weighted by atomic mass is 9.85. The summed E-state index contributed by atoms with van der Waals surface area (Å²) in [5.41, 5.74) is 0. The zero-order chi connectivity index (χ0) is 9.80. The smallest absolute Gasteiger partial charge is 0.285 e. The average molecular weight is 196 g/mol. The third-order valence-corrected chi connectivity index (χ3v) is 3.29. The van der Waals surface area contributed by atoms with Gasteiger partial charge in [-0.25, -0.2) is 4.99 Å². The third kappa shape index (κ3) is 2.40. The molecule has 3 heteroatoms. The van der Waals surface area contributed by atoms with Crippen LogP contribution in [0.15, 0.2) is 4.99 Å². The van der Waals surface area contributed by atoms with Gasteiger partial charge in [-0.15, -0.1) is 0 Å². The van der Waals surface area contributed by atoms with E-state index in [1.165, 1.54) is 32.1 Å². The van der Waals surface area contributed by atoms with Crippen LogP contribution in [0.4, 0.5) is 0 Å². The van der Waals surface area contributed by atoms with Crippen molar-refractivity contribution in [1.82, 2.24) is 5.32 Å². The molecule has 1 saturated carbocycles. The third-order valence-electron chi connectivity index (χ3n) is 3.29. The van der Waals surface area contributed by atoms with Gasteiger partial charge in [0.15, 0.2) is 0 Å². The number of nitrogens with zero attached hydrogens (tertiary/aromatic N) is 1. The Labute approximate surface area is 85.9 Å². The van der Waals surface area contributed by atoms with E-state index in [2.05, 4.69) is 17.2 Å². The van der Waals surface area contributed by atoms with Crippen molar-refractivity contribution in [1.29, 1.82) is 0 Å². The standard InChI is InChI=1S/C11H20N2O/c1-9(10-5-3-2-4-6-10)13-11-12-7-8-14-11/h9-10H,2-8H2,1H3,(H,12,13)/t9-/m0/s1. The van der Waals surface area contributed by atoms with Gasteiger partial charge in [0.1, 0.15) is 6.61 Å². The van der Waals surface area contributed by atoms with E-state index in [4.69, 9.17) is 4.74 Å². The Hall–Kier alpha value is -0.730. The number of aliphatic imine (C=N–C) groups is 1. The SMILES string of the molecule is C[C@H](NC1=NCCO1)C1CCCCC1. The van der Waals surface area contributed by atoms with Crippen LogP contribution in [0.3, 0.4) is 0 Å². The maximum absolute atomic E-state index is 5.35. The normalized spacial score (nSPS) is 25.4. The molecule has 0 spiro atoms. The van der Waals surface area contributed by atoms with Crippen molar-refractivity contribution in [3.8, 4) is 0 Å². The molecule has 2 aliphatic rings. The molecule has 0 radical (unpaired) electrons. The summed E-state index contributed by atoms with van der Waals surface area (Å²) in [5, 5.41) is 3.38. The number of hydrogen-bond donors (Lipinski definition) is 1. The van der Waals surface area contributed by atoms with Gasteiger partial charge in [0.05, 0.1) is 6.54 Å². The topological polar surface area (TPSA) is 33.6 Å². The Bertz CT molecular complexity index is 209. The number of amidine groups is 1. The van der Waals surface area contributed by atoms with E-state index in [1.807, 2.05) is 0 Å². The summed E-state index contributed by atoms with van der Waals surface area (Å²) in [4.78, 5) is 4.25. The Morgan fingerprint density at radius 2 is 2.14 bits per heavy atom. The first kappa shape index (κ1) is 9.81. The minimum absolute atomic E-state index is 0.521. The molecule has 0 aromatic carbocycles. The molecule has 1 atom stereocenters. The van der Waals surface area contributed by atoms with Crippen molar-refractivity contribution in [2.75, 3.05) is 13.2 Å². The zero-order valence-corrected chi connectivity index (χ0v) is 8.96. The van der Waals surface area contributed by atoms with Crippen LogP contribution in [0.5, 0.6) is 0 Å². The zero-order valence-electron chi connectivity index (χ0n) is 8.96. The molecule has 2 rings (SSSR count). The van der Waals surface area contributed by atoms with Crippen LogP contribution in [0.1, 0.15) is 39.0 Å². The van der Waals surface area contributed by atoms with Crippen LogP contribution in [-0.2, 0) is 4.74 Å². The van der Waals surface area contributed by atoms with Crippen LogP contribution < -0.4 is 5.32 Å². The van der Waals surface area contributed by atoms with Gasteiger partial charge >= 0.3 is 0 Å². The number of hydrogen-bond acceptors (Lipinski definition) is 3. The van der Waals surface area contributed by atoms with E-state index in [0.29, 0.717) is 6.04 Å². The summed E-state index contributed by atoms with van der Waals surface area (Å²) in [6.45, 7) is 3.82. The lowest BCUT2D eigenvalue weighted by Crippen LogP contribution is -2.39. The Morgan fingerprint density at radius 3 is 2.79 bits per heavy atom. The Balaban J connectivity index is 1.78. The van der Waals surface area contributed by atoms with Crippen molar-refractivity contribution >= 4 is 6.02 Å². The summed E-state index contributed by atoms with van der Waals surface area (Å²) in [6, 6.07) is 1.29. The molecule has 1 aliphatic heterocycles. The fraction of sp³-hybridized carbons (Fsp3) is 0.909. The maximum atomic E-state index is 5.35. The number of nitrogens with one attached hydrogen (secondary N) is 1. The summed E-state index contributed by atoms with van der Waals surface area (Å²) in [5.74, 6) is 0.815. The molecule has 3 nitrogen and oxygen atoms in total. The molecule has 0 saturated heterocycles. The molecule has 0 amide bonds. The van der Waals surface area contributed by atoms with E-state index in [0.717, 1.165) is 25.1 Å². The summed E-state index contributed by atoms with van der Waals surface area (Å²) >= 11 is 0. The lowest BCUT2D eigenvalue weighted by molar-refractivity contribution is 0.275. The highest BCUT2D eigenvalue weighted by atomic mass is 16.5. The largest absolute Gasteiger partial charge is 0.463 e. The first-order valence-corrected chi connectivity index (χ1v) is 5.80.